The van der Waals surface area contributed by atoms with E-state index in [0.29, 0.717) is 0 Å². The number of benzene rings is 10. The number of furan rings is 3. The van der Waals surface area contributed by atoms with Crippen LogP contribution in [-0.2, 0) is 12.8 Å². The van der Waals surface area contributed by atoms with E-state index < -0.39 is 0 Å². The molecule has 0 amide bonds. The molecule has 16 rings (SSSR count). The molecule has 0 saturated heterocycles. The molecule has 0 fully saturated rings. The molecule has 1 aliphatic carbocycles. The molecular weight excluding hydrogens is 857 g/mol. The van der Waals surface area contributed by atoms with Gasteiger partial charge in [-0.05, 0) is 144 Å². The number of fused-ring (bicyclic) bond motifs is 21. The third-order valence-electron chi connectivity index (χ3n) is 14.8. The molecule has 5 heterocycles. The van der Waals surface area contributed by atoms with Gasteiger partial charge in [0.2, 0.25) is 0 Å². The van der Waals surface area contributed by atoms with Crippen molar-refractivity contribution in [1.29, 1.82) is 0 Å². The van der Waals surface area contributed by atoms with Gasteiger partial charge in [0.15, 0.2) is 0 Å². The number of hydrogen-bond donors (Lipinski definition) is 0. The maximum absolute atomic E-state index is 6.83. The summed E-state index contributed by atoms with van der Waals surface area (Å²) in [6, 6.07) is 70.1. The highest BCUT2D eigenvalue weighted by Gasteiger charge is 2.24. The highest BCUT2D eigenvalue weighted by atomic mass is 16.3. The summed E-state index contributed by atoms with van der Waals surface area (Å²) in [6.45, 7) is 5.25. The van der Waals surface area contributed by atoms with Gasteiger partial charge in [-0.3, -0.25) is 0 Å². The van der Waals surface area contributed by atoms with E-state index in [-0.39, 0.29) is 0 Å². The summed E-state index contributed by atoms with van der Waals surface area (Å²) in [5.74, 6) is 0. The van der Waals surface area contributed by atoms with Crippen LogP contribution in [0.15, 0.2) is 220 Å². The first kappa shape index (κ1) is 39.0. The molecule has 0 spiro atoms. The fourth-order valence-corrected chi connectivity index (χ4v) is 11.9. The molecule has 1 aliphatic rings. The standard InChI is InChI=1S/C62H36N2O3.C3H6/c1-2-13-40-35(10-1)20-23-43-41(40)24-27-52-58(43)46-15-3-6-17-50(46)63(52)38-12-9-11-36(32-38)37-21-29-55-48(33-37)45-26-31-57-60(62(45)67-55)49-34-39(22-30-56(49)65-57)64-51-18-7-4-16-47(51)59-53(64)28-25-44-42-14-5-8-19-54(42)66-61(44)59;1-3-2/h1-19,21-22,24-34H,20,23H2;3H,1H2,2H3. The molecule has 0 aliphatic heterocycles. The molecule has 0 atom stereocenters. The maximum Gasteiger partial charge on any atom is 0.147 e. The molecule has 0 saturated carbocycles. The molecule has 5 heteroatoms. The number of aryl methyl sites for hydroxylation is 2. The lowest BCUT2D eigenvalue weighted by molar-refractivity contribution is 0.662. The van der Waals surface area contributed by atoms with Crippen molar-refractivity contribution in [3.05, 3.63) is 218 Å². The summed E-state index contributed by atoms with van der Waals surface area (Å²) in [7, 11) is 0. The van der Waals surface area contributed by atoms with Crippen molar-refractivity contribution in [3.63, 3.8) is 0 Å². The van der Waals surface area contributed by atoms with E-state index in [1.54, 1.807) is 6.08 Å². The third kappa shape index (κ3) is 5.43. The Morgan fingerprint density at radius 3 is 1.83 bits per heavy atom. The molecule has 5 nitrogen and oxygen atoms in total. The molecule has 330 valence electrons. The summed E-state index contributed by atoms with van der Waals surface area (Å²) in [5.41, 5.74) is 19.9. The summed E-state index contributed by atoms with van der Waals surface area (Å²) < 4.78 is 24.8. The molecule has 0 unspecified atom stereocenters. The van der Waals surface area contributed by atoms with Gasteiger partial charge in [-0.25, -0.2) is 0 Å². The normalized spacial score (nSPS) is 12.6. The smallest absolute Gasteiger partial charge is 0.147 e. The third-order valence-corrected chi connectivity index (χ3v) is 14.8. The number of aromatic nitrogens is 2. The minimum absolute atomic E-state index is 0.800. The Kier molecular flexibility index (Phi) is 8.20. The minimum atomic E-state index is 0.800. The van der Waals surface area contributed by atoms with Gasteiger partial charge in [-0.2, -0.15) is 0 Å². The number of para-hydroxylation sites is 3. The second-order valence-corrected chi connectivity index (χ2v) is 18.7. The molecule has 70 heavy (non-hydrogen) atoms. The lowest BCUT2D eigenvalue weighted by Crippen LogP contribution is -2.04. The predicted molar refractivity (Wildman–Crippen MR) is 291 cm³/mol. The Labute approximate surface area is 401 Å². The van der Waals surface area contributed by atoms with E-state index in [4.69, 9.17) is 13.3 Å². The Balaban J connectivity index is 0.00000144. The molecule has 0 bridgehead atoms. The van der Waals surface area contributed by atoms with Crippen molar-refractivity contribution < 1.29 is 13.3 Å². The molecule has 5 aromatic heterocycles. The van der Waals surface area contributed by atoms with E-state index in [9.17, 15) is 0 Å². The highest BCUT2D eigenvalue weighted by molar-refractivity contribution is 6.25. The Bertz CT molecular complexity index is 4700. The van der Waals surface area contributed by atoms with Gasteiger partial charge in [-0.1, -0.05) is 109 Å². The summed E-state index contributed by atoms with van der Waals surface area (Å²) in [5, 5.41) is 11.3. The van der Waals surface area contributed by atoms with E-state index in [1.807, 2.05) is 19.1 Å². The van der Waals surface area contributed by atoms with Crippen molar-refractivity contribution in [2.45, 2.75) is 19.8 Å². The second kappa shape index (κ2) is 14.7. The molecular formula is C65H42N2O3. The number of nitrogens with zero attached hydrogens (tertiary/aromatic N) is 2. The average Bonchev–Trinajstić information content (AvgIpc) is 4.23. The van der Waals surface area contributed by atoms with Gasteiger partial charge in [0.05, 0.1) is 32.8 Å². The van der Waals surface area contributed by atoms with Crippen LogP contribution in [-0.4, -0.2) is 9.13 Å². The first-order valence-corrected chi connectivity index (χ1v) is 24.1. The Morgan fingerprint density at radius 1 is 0.386 bits per heavy atom. The molecule has 15 aromatic rings. The van der Waals surface area contributed by atoms with Gasteiger partial charge in [-0.15, -0.1) is 6.58 Å². The molecule has 0 N–H and O–H groups in total. The van der Waals surface area contributed by atoms with Crippen molar-refractivity contribution in [2.75, 3.05) is 0 Å². The van der Waals surface area contributed by atoms with E-state index >= 15 is 0 Å². The van der Waals surface area contributed by atoms with Crippen LogP contribution in [0.5, 0.6) is 0 Å². The van der Waals surface area contributed by atoms with Gasteiger partial charge in [0, 0.05) is 54.5 Å². The topological polar surface area (TPSA) is 49.3 Å². The largest absolute Gasteiger partial charge is 0.456 e. The van der Waals surface area contributed by atoms with Crippen LogP contribution in [0.3, 0.4) is 0 Å². The van der Waals surface area contributed by atoms with Crippen LogP contribution in [0.2, 0.25) is 0 Å². The van der Waals surface area contributed by atoms with Gasteiger partial charge >= 0.3 is 0 Å². The van der Waals surface area contributed by atoms with Crippen LogP contribution >= 0.6 is 0 Å². The van der Waals surface area contributed by atoms with Crippen LogP contribution < -0.4 is 0 Å². The lowest BCUT2D eigenvalue weighted by atomic mass is 9.83. The fourth-order valence-electron chi connectivity index (χ4n) is 11.9. The zero-order valence-corrected chi connectivity index (χ0v) is 38.3. The monoisotopic (exact) mass is 898 g/mol. The quantitative estimate of drug-likeness (QED) is 0.166. The van der Waals surface area contributed by atoms with E-state index in [2.05, 4.69) is 198 Å². The first-order chi connectivity index (χ1) is 34.6. The van der Waals surface area contributed by atoms with Crippen LogP contribution in [0, 0.1) is 0 Å². The maximum atomic E-state index is 6.83. The average molecular weight is 899 g/mol. The van der Waals surface area contributed by atoms with Crippen molar-refractivity contribution in [1.82, 2.24) is 9.13 Å². The van der Waals surface area contributed by atoms with Crippen LogP contribution in [0.25, 0.3) is 143 Å². The lowest BCUT2D eigenvalue weighted by Gasteiger charge is -2.21. The SMILES string of the molecule is C=CC.c1cc(-c2ccc3oc4c(ccc5oc6ccc(-n7c8ccccc8c8c9oc%10ccccc%10c9ccc87)cc6c54)c3c2)cc(-n2c3ccccc3c3c4c(ccc32)-c2ccccc2CC4)c1. The summed E-state index contributed by atoms with van der Waals surface area (Å²) >= 11 is 0. The minimum Gasteiger partial charge on any atom is -0.456 e. The zero-order chi connectivity index (χ0) is 46.2. The predicted octanol–water partition coefficient (Wildman–Crippen LogP) is 18.2. The van der Waals surface area contributed by atoms with Crippen LogP contribution in [0.1, 0.15) is 18.1 Å². The van der Waals surface area contributed by atoms with E-state index in [0.717, 1.165) is 123 Å². The molecule has 0 radical (unpaired) electrons. The van der Waals surface area contributed by atoms with Gasteiger partial charge < -0.3 is 22.4 Å². The number of hydrogen-bond acceptors (Lipinski definition) is 3. The first-order valence-electron chi connectivity index (χ1n) is 24.1. The Morgan fingerprint density at radius 2 is 0.986 bits per heavy atom. The van der Waals surface area contributed by atoms with Crippen LogP contribution in [0.4, 0.5) is 0 Å². The zero-order valence-electron chi connectivity index (χ0n) is 38.3. The number of allylic oxidation sites excluding steroid dienone is 1. The summed E-state index contributed by atoms with van der Waals surface area (Å²) in [4.78, 5) is 0. The highest BCUT2D eigenvalue weighted by Crippen LogP contribution is 2.46. The fraction of sp³-hybridized carbons (Fsp3) is 0.0462. The Hall–Kier alpha value is -9.06. The van der Waals surface area contributed by atoms with Gasteiger partial charge in [0.25, 0.3) is 0 Å². The van der Waals surface area contributed by atoms with Crippen molar-refractivity contribution in [2.24, 2.45) is 0 Å². The molecule has 10 aromatic carbocycles. The van der Waals surface area contributed by atoms with E-state index in [1.165, 1.54) is 44.1 Å². The van der Waals surface area contributed by atoms with Gasteiger partial charge in [0.1, 0.15) is 33.5 Å². The second-order valence-electron chi connectivity index (χ2n) is 18.7. The summed E-state index contributed by atoms with van der Waals surface area (Å²) in [6.07, 6.45) is 3.84. The van der Waals surface area contributed by atoms with Crippen molar-refractivity contribution >= 4 is 109 Å². The number of rotatable bonds is 3. The van der Waals surface area contributed by atoms with Crippen molar-refractivity contribution in [3.8, 4) is 33.6 Å².